The van der Waals surface area contributed by atoms with Crippen molar-refractivity contribution < 1.29 is 19.1 Å². The van der Waals surface area contributed by atoms with Crippen LogP contribution >= 0.6 is 0 Å². The molecule has 0 radical (unpaired) electrons. The zero-order valence-corrected chi connectivity index (χ0v) is 12.0. The minimum Gasteiger partial charge on any atom is -0.497 e. The van der Waals surface area contributed by atoms with Crippen LogP contribution in [0.15, 0.2) is 24.4 Å². The summed E-state index contributed by atoms with van der Waals surface area (Å²) < 4.78 is 10.1. The molecular weight excluding hydrogens is 272 g/mol. The highest BCUT2D eigenvalue weighted by molar-refractivity contribution is 5.86. The fraction of sp³-hybridized carbons (Fsp3) is 0.333. The number of hydrogen-bond acceptors (Lipinski definition) is 4. The van der Waals surface area contributed by atoms with Gasteiger partial charge in [-0.15, -0.1) is 0 Å². The zero-order valence-electron chi connectivity index (χ0n) is 12.0. The monoisotopic (exact) mass is 290 g/mol. The summed E-state index contributed by atoms with van der Waals surface area (Å²) in [5.74, 6) is 0.316. The molecule has 0 fully saturated rings. The van der Waals surface area contributed by atoms with E-state index in [0.717, 1.165) is 22.2 Å². The van der Waals surface area contributed by atoms with E-state index in [1.165, 1.54) is 0 Å². The number of rotatable bonds is 7. The summed E-state index contributed by atoms with van der Waals surface area (Å²) >= 11 is 0. The Morgan fingerprint density at radius 1 is 1.48 bits per heavy atom. The molecule has 0 aliphatic rings. The second kappa shape index (κ2) is 6.78. The van der Waals surface area contributed by atoms with Crippen molar-refractivity contribution >= 4 is 23.3 Å². The number of ether oxygens (including phenoxy) is 2. The first-order valence-electron chi connectivity index (χ1n) is 6.70. The van der Waals surface area contributed by atoms with Gasteiger partial charge >= 0.3 is 5.97 Å². The summed E-state index contributed by atoms with van der Waals surface area (Å²) in [5.41, 5.74) is 1.85. The quantitative estimate of drug-likeness (QED) is 0.596. The molecule has 0 saturated heterocycles. The molecule has 1 aromatic carbocycles. The third kappa shape index (κ3) is 3.34. The van der Waals surface area contributed by atoms with E-state index in [4.69, 9.17) is 9.47 Å². The maximum atomic E-state index is 11.8. The van der Waals surface area contributed by atoms with E-state index >= 15 is 0 Å². The molecule has 2 aromatic rings. The Labute approximate surface area is 122 Å². The first-order valence-corrected chi connectivity index (χ1v) is 6.70. The Balaban J connectivity index is 2.24. The average Bonchev–Trinajstić information content (AvgIpc) is 2.89. The Morgan fingerprint density at radius 3 is 2.95 bits per heavy atom. The van der Waals surface area contributed by atoms with Gasteiger partial charge in [-0.25, -0.2) is 4.79 Å². The number of H-pyrrole nitrogens is 1. The summed E-state index contributed by atoms with van der Waals surface area (Å²) in [5, 5.41) is 3.48. The minimum absolute atomic E-state index is 0.279. The third-order valence-corrected chi connectivity index (χ3v) is 3.24. The summed E-state index contributed by atoms with van der Waals surface area (Å²) in [4.78, 5) is 25.6. The van der Waals surface area contributed by atoms with Gasteiger partial charge in [0.15, 0.2) is 0 Å². The van der Waals surface area contributed by atoms with Gasteiger partial charge in [0.1, 0.15) is 11.8 Å². The SMILES string of the molecule is CCOC(=O)[C@H](Cc1c[nH]c2cc(OC)ccc12)NC=O. The van der Waals surface area contributed by atoms with Crippen LogP contribution in [-0.2, 0) is 20.7 Å². The van der Waals surface area contributed by atoms with Crippen LogP contribution in [0.1, 0.15) is 12.5 Å². The van der Waals surface area contributed by atoms with Crippen molar-refractivity contribution in [3.8, 4) is 5.75 Å². The number of aromatic amines is 1. The van der Waals surface area contributed by atoms with Crippen molar-refractivity contribution in [1.29, 1.82) is 0 Å². The largest absolute Gasteiger partial charge is 0.497 e. The van der Waals surface area contributed by atoms with Crippen LogP contribution in [0.2, 0.25) is 0 Å². The molecule has 112 valence electrons. The number of fused-ring (bicyclic) bond motifs is 1. The lowest BCUT2D eigenvalue weighted by atomic mass is 10.1. The third-order valence-electron chi connectivity index (χ3n) is 3.24. The molecule has 0 unspecified atom stereocenters. The van der Waals surface area contributed by atoms with Crippen LogP contribution in [0.3, 0.4) is 0 Å². The van der Waals surface area contributed by atoms with Crippen LogP contribution in [-0.4, -0.2) is 37.1 Å². The van der Waals surface area contributed by atoms with E-state index in [1.54, 1.807) is 14.0 Å². The summed E-state index contributed by atoms with van der Waals surface area (Å²) in [6.45, 7) is 2.01. The van der Waals surface area contributed by atoms with E-state index in [9.17, 15) is 9.59 Å². The number of esters is 1. The Kier molecular flexibility index (Phi) is 4.81. The van der Waals surface area contributed by atoms with Gasteiger partial charge in [-0.1, -0.05) is 0 Å². The molecule has 6 nitrogen and oxygen atoms in total. The standard InChI is InChI=1S/C15H18N2O4/c1-3-21-15(19)14(17-9-18)6-10-8-16-13-7-11(20-2)4-5-12(10)13/h4-5,7-9,14,16H,3,6H2,1-2H3,(H,17,18)/t14-/m0/s1. The van der Waals surface area contributed by atoms with E-state index in [-0.39, 0.29) is 6.61 Å². The number of amides is 1. The predicted octanol–water partition coefficient (Wildman–Crippen LogP) is 1.40. The van der Waals surface area contributed by atoms with Crippen LogP contribution < -0.4 is 10.1 Å². The topological polar surface area (TPSA) is 80.4 Å². The fourth-order valence-electron chi connectivity index (χ4n) is 2.22. The second-order valence-corrected chi connectivity index (χ2v) is 4.52. The summed E-state index contributed by atoms with van der Waals surface area (Å²) in [7, 11) is 1.61. The van der Waals surface area contributed by atoms with Gasteiger partial charge in [0.2, 0.25) is 6.41 Å². The molecule has 0 spiro atoms. The number of aromatic nitrogens is 1. The van der Waals surface area contributed by atoms with Crippen molar-refractivity contribution in [3.05, 3.63) is 30.0 Å². The van der Waals surface area contributed by atoms with E-state index in [1.807, 2.05) is 24.4 Å². The molecule has 1 atom stereocenters. The number of methoxy groups -OCH3 is 1. The highest BCUT2D eigenvalue weighted by Crippen LogP contribution is 2.24. The highest BCUT2D eigenvalue weighted by Gasteiger charge is 2.21. The van der Waals surface area contributed by atoms with Crippen molar-refractivity contribution in [2.75, 3.05) is 13.7 Å². The normalized spacial score (nSPS) is 11.9. The van der Waals surface area contributed by atoms with E-state index in [0.29, 0.717) is 12.8 Å². The highest BCUT2D eigenvalue weighted by atomic mass is 16.5. The molecule has 0 aliphatic heterocycles. The molecule has 1 amide bonds. The van der Waals surface area contributed by atoms with Gasteiger partial charge < -0.3 is 19.8 Å². The van der Waals surface area contributed by atoms with E-state index in [2.05, 4.69) is 10.3 Å². The van der Waals surface area contributed by atoms with Gasteiger partial charge in [0, 0.05) is 29.6 Å². The van der Waals surface area contributed by atoms with Crippen LogP contribution in [0, 0.1) is 0 Å². The van der Waals surface area contributed by atoms with Crippen molar-refractivity contribution in [1.82, 2.24) is 10.3 Å². The van der Waals surface area contributed by atoms with Gasteiger partial charge in [-0.05, 0) is 24.6 Å². The molecule has 1 heterocycles. The van der Waals surface area contributed by atoms with Crippen LogP contribution in [0.25, 0.3) is 10.9 Å². The number of benzene rings is 1. The maximum Gasteiger partial charge on any atom is 0.328 e. The molecule has 1 aromatic heterocycles. The van der Waals surface area contributed by atoms with Crippen molar-refractivity contribution in [3.63, 3.8) is 0 Å². The predicted molar refractivity (Wildman–Crippen MR) is 78.2 cm³/mol. The first kappa shape index (κ1) is 14.9. The summed E-state index contributed by atoms with van der Waals surface area (Å²) in [6.07, 6.45) is 2.70. The number of nitrogens with one attached hydrogen (secondary N) is 2. The maximum absolute atomic E-state index is 11.8. The molecule has 2 rings (SSSR count). The Hall–Kier alpha value is -2.50. The van der Waals surface area contributed by atoms with Gasteiger partial charge in [-0.2, -0.15) is 0 Å². The number of hydrogen-bond donors (Lipinski definition) is 2. The second-order valence-electron chi connectivity index (χ2n) is 4.52. The Bertz CT molecular complexity index is 636. The van der Waals surface area contributed by atoms with Gasteiger partial charge in [0.05, 0.1) is 13.7 Å². The molecule has 21 heavy (non-hydrogen) atoms. The molecule has 2 N–H and O–H groups in total. The van der Waals surface area contributed by atoms with Crippen molar-refractivity contribution in [2.24, 2.45) is 0 Å². The summed E-state index contributed by atoms with van der Waals surface area (Å²) in [6, 6.07) is 4.96. The molecular formula is C15H18N2O4. The molecule has 6 heteroatoms. The minimum atomic E-state index is -0.691. The lowest BCUT2D eigenvalue weighted by molar-refractivity contribution is -0.146. The van der Waals surface area contributed by atoms with Crippen molar-refractivity contribution in [2.45, 2.75) is 19.4 Å². The number of carbonyl (C=O) groups excluding carboxylic acids is 2. The molecule has 0 aliphatic carbocycles. The fourth-order valence-corrected chi connectivity index (χ4v) is 2.22. The molecule has 0 saturated carbocycles. The van der Waals surface area contributed by atoms with E-state index < -0.39 is 12.0 Å². The van der Waals surface area contributed by atoms with Crippen LogP contribution in [0.4, 0.5) is 0 Å². The lowest BCUT2D eigenvalue weighted by Gasteiger charge is -2.14. The first-order chi connectivity index (χ1) is 10.2. The zero-order chi connectivity index (χ0) is 15.2. The number of carbonyl (C=O) groups is 2. The lowest BCUT2D eigenvalue weighted by Crippen LogP contribution is -2.39. The average molecular weight is 290 g/mol. The van der Waals surface area contributed by atoms with Crippen LogP contribution in [0.5, 0.6) is 5.75 Å². The smallest absolute Gasteiger partial charge is 0.328 e. The van der Waals surface area contributed by atoms with Gasteiger partial charge in [0.25, 0.3) is 0 Å². The molecule has 0 bridgehead atoms. The Morgan fingerprint density at radius 2 is 2.29 bits per heavy atom. The van der Waals surface area contributed by atoms with Gasteiger partial charge in [-0.3, -0.25) is 4.79 Å².